The van der Waals surface area contributed by atoms with Crippen molar-refractivity contribution in [3.8, 4) is 28.5 Å². The summed E-state index contributed by atoms with van der Waals surface area (Å²) in [5.41, 5.74) is 2.87. The Morgan fingerprint density at radius 3 is 2.47 bits per heavy atom. The molecule has 4 rings (SSSR count). The molecule has 0 atom stereocenters. The summed E-state index contributed by atoms with van der Waals surface area (Å²) in [6.07, 6.45) is 5.05. The van der Waals surface area contributed by atoms with Crippen LogP contribution in [-0.4, -0.2) is 35.0 Å². The van der Waals surface area contributed by atoms with E-state index in [0.717, 1.165) is 22.4 Å². The molecule has 0 spiro atoms. The molecule has 0 bridgehead atoms. The van der Waals surface area contributed by atoms with E-state index in [0.29, 0.717) is 18.2 Å². The molecule has 9 heteroatoms. The van der Waals surface area contributed by atoms with Gasteiger partial charge in [0, 0.05) is 35.2 Å². The minimum Gasteiger partial charge on any atom is -0.497 e. The molecule has 0 aliphatic rings. The number of aromatic nitrogens is 2. The third-order valence-corrected chi connectivity index (χ3v) is 5.33. The van der Waals surface area contributed by atoms with Crippen molar-refractivity contribution in [2.75, 3.05) is 7.11 Å². The number of carbonyl (C=O) groups excluding carboxylic acids is 1. The molecule has 4 aromatic rings. The zero-order chi connectivity index (χ0) is 25.5. The molecule has 0 aliphatic heterocycles. The number of carbonyl (C=O) groups is 2. The summed E-state index contributed by atoms with van der Waals surface area (Å²) < 4.78 is 18.0. The number of nitrogens with one attached hydrogen (secondary N) is 1. The van der Waals surface area contributed by atoms with Gasteiger partial charge in [0.25, 0.3) is 0 Å². The topological polar surface area (TPSA) is 127 Å². The van der Waals surface area contributed by atoms with Crippen LogP contribution in [0.4, 0.5) is 0 Å². The molecule has 36 heavy (non-hydrogen) atoms. The molecule has 2 heterocycles. The molecular weight excluding hydrogens is 462 g/mol. The molecule has 0 radical (unpaired) electrons. The summed E-state index contributed by atoms with van der Waals surface area (Å²) in [4.78, 5) is 27.3. The van der Waals surface area contributed by atoms with E-state index in [1.807, 2.05) is 59.4 Å². The number of pyridine rings is 1. The number of methoxy groups -OCH3 is 1. The minimum atomic E-state index is -1.05. The van der Waals surface area contributed by atoms with Crippen molar-refractivity contribution in [2.24, 2.45) is 0 Å². The first-order valence-electron chi connectivity index (χ1n) is 11.1. The second kappa shape index (κ2) is 11.1. The summed E-state index contributed by atoms with van der Waals surface area (Å²) in [6, 6.07) is 18.2. The van der Waals surface area contributed by atoms with Gasteiger partial charge in [0.1, 0.15) is 5.75 Å². The Bertz CT molecular complexity index is 1380. The summed E-state index contributed by atoms with van der Waals surface area (Å²) in [6.45, 7) is 0.501. The number of oxazole rings is 1. The van der Waals surface area contributed by atoms with Gasteiger partial charge in [-0.2, -0.15) is 0 Å². The lowest BCUT2D eigenvalue weighted by molar-refractivity contribution is -0.688. The molecule has 0 aliphatic carbocycles. The Morgan fingerprint density at radius 1 is 1.03 bits per heavy atom. The maximum absolute atomic E-state index is 12.3. The lowest BCUT2D eigenvalue weighted by atomic mass is 10.1. The second-order valence-corrected chi connectivity index (χ2v) is 7.92. The van der Waals surface area contributed by atoms with Crippen LogP contribution in [-0.2, 0) is 16.1 Å². The van der Waals surface area contributed by atoms with Crippen molar-refractivity contribution in [1.82, 2.24) is 4.98 Å². The van der Waals surface area contributed by atoms with Crippen LogP contribution in [0.5, 0.6) is 5.75 Å². The first kappa shape index (κ1) is 24.3. The van der Waals surface area contributed by atoms with Gasteiger partial charge in [0.15, 0.2) is 30.6 Å². The smallest absolute Gasteiger partial charge is 0.344 e. The number of ether oxygens (including phenoxy) is 2. The van der Waals surface area contributed by atoms with Crippen LogP contribution in [0.1, 0.15) is 28.8 Å². The van der Waals surface area contributed by atoms with E-state index in [4.69, 9.17) is 24.4 Å². The van der Waals surface area contributed by atoms with Crippen molar-refractivity contribution in [3.63, 3.8) is 0 Å². The van der Waals surface area contributed by atoms with E-state index in [2.05, 4.69) is 4.98 Å². The van der Waals surface area contributed by atoms with Gasteiger partial charge < -0.3 is 19.0 Å². The van der Waals surface area contributed by atoms with Gasteiger partial charge in [-0.3, -0.25) is 10.2 Å². The summed E-state index contributed by atoms with van der Waals surface area (Å²) in [5.74, 6) is -0.194. The number of carboxylic acids is 1. The van der Waals surface area contributed by atoms with Crippen molar-refractivity contribution in [1.29, 1.82) is 5.41 Å². The highest BCUT2D eigenvalue weighted by molar-refractivity contribution is 5.98. The Morgan fingerprint density at radius 2 is 1.78 bits per heavy atom. The van der Waals surface area contributed by atoms with Gasteiger partial charge in [0.05, 0.1) is 25.3 Å². The first-order valence-corrected chi connectivity index (χ1v) is 11.1. The molecule has 0 saturated heterocycles. The normalized spacial score (nSPS) is 10.6. The van der Waals surface area contributed by atoms with Gasteiger partial charge in [-0.1, -0.05) is 12.1 Å². The first-order chi connectivity index (χ1) is 17.4. The van der Waals surface area contributed by atoms with Crippen molar-refractivity contribution in [3.05, 3.63) is 90.4 Å². The van der Waals surface area contributed by atoms with Gasteiger partial charge in [-0.05, 0) is 36.4 Å². The number of hydrogen-bond donors (Lipinski definition) is 2. The SMILES string of the molecule is COc1ccc(-c2cnc(-c3cc[n+](Cc4cccc(C(=O)OC(=N)CCC(=O)O)c4)cc3)o2)cc1. The fraction of sp³-hybridized carbons (Fsp3) is 0.148. The van der Waals surface area contributed by atoms with Crippen molar-refractivity contribution in [2.45, 2.75) is 19.4 Å². The Balaban J connectivity index is 1.40. The number of aliphatic carboxylic acids is 1. The fourth-order valence-electron chi connectivity index (χ4n) is 3.45. The lowest BCUT2D eigenvalue weighted by Gasteiger charge is -2.06. The van der Waals surface area contributed by atoms with Crippen molar-refractivity contribution >= 4 is 17.8 Å². The summed E-state index contributed by atoms with van der Waals surface area (Å²) >= 11 is 0. The van der Waals surface area contributed by atoms with E-state index >= 15 is 0 Å². The number of hydrogen-bond acceptors (Lipinski definition) is 7. The predicted octanol–water partition coefficient (Wildman–Crippen LogP) is 4.35. The molecule has 0 saturated carbocycles. The van der Waals surface area contributed by atoms with Crippen LogP contribution in [0.3, 0.4) is 0 Å². The van der Waals surface area contributed by atoms with Gasteiger partial charge >= 0.3 is 11.9 Å². The largest absolute Gasteiger partial charge is 0.497 e. The summed E-state index contributed by atoms with van der Waals surface area (Å²) in [5, 5.41) is 16.3. The van der Waals surface area contributed by atoms with E-state index in [9.17, 15) is 9.59 Å². The number of nitrogens with zero attached hydrogens (tertiary/aromatic N) is 2. The van der Waals surface area contributed by atoms with Crippen molar-refractivity contribution < 1.29 is 33.2 Å². The average molecular weight is 487 g/mol. The third kappa shape index (κ3) is 6.20. The average Bonchev–Trinajstić information content (AvgIpc) is 3.38. The number of rotatable bonds is 9. The molecule has 2 aromatic carbocycles. The van der Waals surface area contributed by atoms with Gasteiger partial charge in [0.2, 0.25) is 5.89 Å². The maximum atomic E-state index is 12.3. The van der Waals surface area contributed by atoms with Crippen LogP contribution in [0.2, 0.25) is 0 Å². The Labute approximate surface area is 207 Å². The molecule has 0 amide bonds. The maximum Gasteiger partial charge on any atom is 0.344 e. The van der Waals surface area contributed by atoms with E-state index in [1.54, 1.807) is 31.5 Å². The van der Waals surface area contributed by atoms with Crippen LogP contribution < -0.4 is 9.30 Å². The number of carboxylic acid groups (broad SMARTS) is 1. The molecule has 9 nitrogen and oxygen atoms in total. The highest BCUT2D eigenvalue weighted by Gasteiger charge is 2.14. The van der Waals surface area contributed by atoms with Crippen LogP contribution >= 0.6 is 0 Å². The quantitative estimate of drug-likeness (QED) is 0.156. The standard InChI is InChI=1S/C27H23N3O6/c1-34-22-7-5-19(6-8-22)23-16-29-26(35-23)20-11-13-30(14-12-20)17-18-3-2-4-21(15-18)27(33)36-24(28)9-10-25(31)32/h2-8,11-16,28H,9-10,17H2,1H3/p+1. The molecule has 2 N–H and O–H groups in total. The molecule has 182 valence electrons. The second-order valence-electron chi connectivity index (χ2n) is 7.92. The minimum absolute atomic E-state index is 0.144. The van der Waals surface area contributed by atoms with Gasteiger partial charge in [-0.25, -0.2) is 14.3 Å². The van der Waals surface area contributed by atoms with E-state index in [1.165, 1.54) is 0 Å². The highest BCUT2D eigenvalue weighted by atomic mass is 16.5. The van der Waals surface area contributed by atoms with Crippen LogP contribution in [0.15, 0.2) is 83.7 Å². The zero-order valence-electron chi connectivity index (χ0n) is 19.5. The molecule has 0 unspecified atom stereocenters. The predicted molar refractivity (Wildman–Crippen MR) is 130 cm³/mol. The van der Waals surface area contributed by atoms with Gasteiger partial charge in [-0.15, -0.1) is 0 Å². The molecule has 2 aromatic heterocycles. The van der Waals surface area contributed by atoms with E-state index < -0.39 is 11.9 Å². The Hall–Kier alpha value is -4.79. The highest BCUT2D eigenvalue weighted by Crippen LogP contribution is 2.27. The van der Waals surface area contributed by atoms with E-state index in [-0.39, 0.29) is 24.3 Å². The Kier molecular flexibility index (Phi) is 7.50. The fourth-order valence-corrected chi connectivity index (χ4v) is 3.45. The zero-order valence-corrected chi connectivity index (χ0v) is 19.5. The monoisotopic (exact) mass is 486 g/mol. The number of esters is 1. The lowest BCUT2D eigenvalue weighted by Crippen LogP contribution is -2.33. The molecule has 0 fully saturated rings. The summed E-state index contributed by atoms with van der Waals surface area (Å²) in [7, 11) is 1.62. The molecular formula is C27H24N3O6+. The third-order valence-electron chi connectivity index (χ3n) is 5.33. The number of benzene rings is 2. The van der Waals surface area contributed by atoms with Crippen LogP contribution in [0.25, 0.3) is 22.8 Å². The van der Waals surface area contributed by atoms with Crippen LogP contribution in [0, 0.1) is 5.41 Å².